The van der Waals surface area contributed by atoms with Crippen molar-refractivity contribution < 1.29 is 18.0 Å². The van der Waals surface area contributed by atoms with Crippen molar-refractivity contribution in [1.29, 1.82) is 0 Å². The van der Waals surface area contributed by atoms with Crippen molar-refractivity contribution in [2.24, 2.45) is 0 Å². The lowest BCUT2D eigenvalue weighted by atomic mass is 10.0. The summed E-state index contributed by atoms with van der Waals surface area (Å²) in [7, 11) is -4.18. The van der Waals surface area contributed by atoms with E-state index >= 15 is 0 Å². The summed E-state index contributed by atoms with van der Waals surface area (Å²) < 4.78 is 29.8. The Labute approximate surface area is 278 Å². The van der Waals surface area contributed by atoms with Crippen molar-refractivity contribution in [2.45, 2.75) is 70.5 Å². The molecule has 0 aromatic heterocycles. The Bertz CT molecular complexity index is 1730. The van der Waals surface area contributed by atoms with Crippen molar-refractivity contribution in [2.75, 3.05) is 10.8 Å². The van der Waals surface area contributed by atoms with Gasteiger partial charge in [-0.1, -0.05) is 110 Å². The SMILES string of the molecule is CCc1ccccc1N(CC(=O)N(Cc1ccccc1Cl)C(Cc1ccccc1)C(=O)NC(C)CC)S(=O)(=O)c1ccc(C)cc1. The zero-order chi connectivity index (χ0) is 33.3. The molecule has 2 unspecified atom stereocenters. The van der Waals surface area contributed by atoms with E-state index in [4.69, 9.17) is 11.6 Å². The molecule has 4 aromatic carbocycles. The smallest absolute Gasteiger partial charge is 0.264 e. The third-order valence-electron chi connectivity index (χ3n) is 8.10. The Kier molecular flexibility index (Phi) is 12.0. The number of aryl methyl sites for hydroxylation is 2. The lowest BCUT2D eigenvalue weighted by Crippen LogP contribution is -2.54. The molecular formula is C37H42ClN3O4S. The Morgan fingerprint density at radius 1 is 0.826 bits per heavy atom. The largest absolute Gasteiger partial charge is 0.352 e. The highest BCUT2D eigenvalue weighted by Gasteiger charge is 2.35. The van der Waals surface area contributed by atoms with Gasteiger partial charge >= 0.3 is 0 Å². The minimum absolute atomic E-state index is 0.0117. The van der Waals surface area contributed by atoms with Crippen molar-refractivity contribution in [3.8, 4) is 0 Å². The molecule has 0 aliphatic heterocycles. The second kappa shape index (κ2) is 15.9. The number of carbonyl (C=O) groups is 2. The Balaban J connectivity index is 1.84. The van der Waals surface area contributed by atoms with Crippen molar-refractivity contribution in [1.82, 2.24) is 10.2 Å². The molecule has 4 aromatic rings. The van der Waals surface area contributed by atoms with Crippen LogP contribution in [0.15, 0.2) is 108 Å². The number of benzene rings is 4. The van der Waals surface area contributed by atoms with E-state index in [1.807, 2.05) is 82.3 Å². The number of anilines is 1. The number of hydrogen-bond acceptors (Lipinski definition) is 4. The fraction of sp³-hybridized carbons (Fsp3) is 0.297. The maximum absolute atomic E-state index is 14.7. The van der Waals surface area contributed by atoms with Crippen LogP contribution in [0.3, 0.4) is 0 Å². The van der Waals surface area contributed by atoms with Crippen LogP contribution in [0.5, 0.6) is 0 Å². The lowest BCUT2D eigenvalue weighted by Gasteiger charge is -2.35. The summed E-state index contributed by atoms with van der Waals surface area (Å²) >= 11 is 6.59. The van der Waals surface area contributed by atoms with Gasteiger partial charge in [0.2, 0.25) is 11.8 Å². The summed E-state index contributed by atoms with van der Waals surface area (Å²) in [5, 5.41) is 3.50. The number of nitrogens with one attached hydrogen (secondary N) is 1. The molecule has 2 atom stereocenters. The number of carbonyl (C=O) groups excluding carboxylic acids is 2. The first-order valence-corrected chi connectivity index (χ1v) is 17.4. The highest BCUT2D eigenvalue weighted by atomic mass is 35.5. The minimum atomic E-state index is -4.18. The number of amides is 2. The van der Waals surface area contributed by atoms with Crippen molar-refractivity contribution in [3.05, 3.63) is 130 Å². The van der Waals surface area contributed by atoms with Gasteiger partial charge in [0.05, 0.1) is 10.6 Å². The van der Waals surface area contributed by atoms with Crippen LogP contribution in [0.4, 0.5) is 5.69 Å². The van der Waals surface area contributed by atoms with Gasteiger partial charge in [-0.2, -0.15) is 0 Å². The number of hydrogen-bond donors (Lipinski definition) is 1. The van der Waals surface area contributed by atoms with Crippen LogP contribution in [0.25, 0.3) is 0 Å². The highest BCUT2D eigenvalue weighted by Crippen LogP contribution is 2.29. The van der Waals surface area contributed by atoms with E-state index < -0.39 is 28.5 Å². The molecule has 7 nitrogen and oxygen atoms in total. The summed E-state index contributed by atoms with van der Waals surface area (Å²) in [6, 6.07) is 29.3. The van der Waals surface area contributed by atoms with Crippen LogP contribution in [-0.2, 0) is 39.0 Å². The van der Waals surface area contributed by atoms with Gasteiger partial charge in [0, 0.05) is 24.0 Å². The zero-order valence-electron chi connectivity index (χ0n) is 26.8. The molecule has 1 N–H and O–H groups in total. The quantitative estimate of drug-likeness (QED) is 0.159. The summed E-state index contributed by atoms with van der Waals surface area (Å²) in [4.78, 5) is 30.2. The second-order valence-electron chi connectivity index (χ2n) is 11.4. The van der Waals surface area contributed by atoms with Gasteiger partial charge in [-0.15, -0.1) is 0 Å². The zero-order valence-corrected chi connectivity index (χ0v) is 28.4. The summed E-state index contributed by atoms with van der Waals surface area (Å²) in [5.41, 5.74) is 3.62. The molecule has 4 rings (SSSR count). The fourth-order valence-corrected chi connectivity index (χ4v) is 6.86. The van der Waals surface area contributed by atoms with E-state index in [2.05, 4.69) is 5.32 Å². The van der Waals surface area contributed by atoms with E-state index in [1.165, 1.54) is 9.21 Å². The van der Waals surface area contributed by atoms with Crippen LogP contribution < -0.4 is 9.62 Å². The Morgan fingerprint density at radius 3 is 2.07 bits per heavy atom. The molecule has 0 aliphatic rings. The maximum atomic E-state index is 14.7. The Hall–Kier alpha value is -4.14. The molecule has 2 amide bonds. The van der Waals surface area contributed by atoms with Crippen LogP contribution in [0, 0.1) is 6.92 Å². The number of halogens is 1. The van der Waals surface area contributed by atoms with Crippen LogP contribution >= 0.6 is 11.6 Å². The van der Waals surface area contributed by atoms with E-state index in [1.54, 1.807) is 48.5 Å². The molecule has 242 valence electrons. The normalized spacial score (nSPS) is 12.6. The van der Waals surface area contributed by atoms with Crippen LogP contribution in [0.2, 0.25) is 5.02 Å². The number of para-hydroxylation sites is 1. The fourth-order valence-electron chi connectivity index (χ4n) is 5.21. The van der Waals surface area contributed by atoms with E-state index in [0.717, 1.165) is 16.7 Å². The standard InChI is InChI=1S/C37H42ClN3O4S/c1-5-28(4)39-37(43)35(24-29-14-8-7-9-15-29)40(25-31-17-10-12-18-33(31)38)36(42)26-41(34-19-13-11-16-30(34)6-2)46(44,45)32-22-20-27(3)21-23-32/h7-23,28,35H,5-6,24-26H2,1-4H3,(H,39,43). The van der Waals surface area contributed by atoms with Gasteiger partial charge in [-0.3, -0.25) is 13.9 Å². The molecule has 0 heterocycles. The number of sulfonamides is 1. The predicted molar refractivity (Wildman–Crippen MR) is 185 cm³/mol. The number of nitrogens with zero attached hydrogens (tertiary/aromatic N) is 2. The van der Waals surface area contributed by atoms with E-state index in [9.17, 15) is 18.0 Å². The molecule has 0 saturated carbocycles. The van der Waals surface area contributed by atoms with E-state index in [0.29, 0.717) is 29.1 Å². The predicted octanol–water partition coefficient (Wildman–Crippen LogP) is 6.96. The molecule has 0 spiro atoms. The molecule has 9 heteroatoms. The van der Waals surface area contributed by atoms with Crippen LogP contribution in [0.1, 0.15) is 49.4 Å². The van der Waals surface area contributed by atoms with Crippen molar-refractivity contribution in [3.63, 3.8) is 0 Å². The molecule has 0 aliphatic carbocycles. The third-order valence-corrected chi connectivity index (χ3v) is 10.2. The van der Waals surface area contributed by atoms with Gasteiger partial charge in [0.25, 0.3) is 10.0 Å². The van der Waals surface area contributed by atoms with Gasteiger partial charge in [-0.25, -0.2) is 8.42 Å². The molecule has 0 fully saturated rings. The lowest BCUT2D eigenvalue weighted by molar-refractivity contribution is -0.140. The summed E-state index contributed by atoms with van der Waals surface area (Å²) in [5.74, 6) is -0.845. The highest BCUT2D eigenvalue weighted by molar-refractivity contribution is 7.92. The van der Waals surface area contributed by atoms with E-state index in [-0.39, 0.29) is 29.8 Å². The molecular weight excluding hydrogens is 618 g/mol. The minimum Gasteiger partial charge on any atom is -0.352 e. The topological polar surface area (TPSA) is 86.8 Å². The molecule has 46 heavy (non-hydrogen) atoms. The van der Waals surface area contributed by atoms with Crippen molar-refractivity contribution >= 4 is 39.1 Å². The average Bonchev–Trinajstić information content (AvgIpc) is 3.06. The first-order valence-electron chi connectivity index (χ1n) is 15.6. The summed E-state index contributed by atoms with van der Waals surface area (Å²) in [6.07, 6.45) is 1.50. The van der Waals surface area contributed by atoms with Gasteiger partial charge < -0.3 is 10.2 Å². The average molecular weight is 660 g/mol. The molecule has 0 radical (unpaired) electrons. The first kappa shape index (κ1) is 34.7. The number of rotatable bonds is 14. The third kappa shape index (κ3) is 8.56. The molecule has 0 saturated heterocycles. The second-order valence-corrected chi connectivity index (χ2v) is 13.7. The van der Waals surface area contributed by atoms with Gasteiger partial charge in [-0.05, 0) is 67.6 Å². The van der Waals surface area contributed by atoms with Gasteiger partial charge in [0.15, 0.2) is 0 Å². The first-order chi connectivity index (χ1) is 22.0. The van der Waals surface area contributed by atoms with Gasteiger partial charge in [0.1, 0.15) is 12.6 Å². The summed E-state index contributed by atoms with van der Waals surface area (Å²) in [6.45, 7) is 7.21. The maximum Gasteiger partial charge on any atom is 0.264 e. The monoisotopic (exact) mass is 659 g/mol. The Morgan fingerprint density at radius 2 is 1.43 bits per heavy atom. The molecule has 0 bridgehead atoms. The van der Waals surface area contributed by atoms with Crippen LogP contribution in [-0.4, -0.2) is 43.8 Å².